The lowest BCUT2D eigenvalue weighted by Crippen LogP contribution is -2.14. The highest BCUT2D eigenvalue weighted by atomic mass is 16.3. The zero-order valence-electron chi connectivity index (χ0n) is 33.1. The highest BCUT2D eigenvalue weighted by molar-refractivity contribution is 6.42. The van der Waals surface area contributed by atoms with E-state index in [0.29, 0.717) is 17.5 Å². The molecule has 0 saturated carbocycles. The molecule has 3 aromatic heterocycles. The van der Waals surface area contributed by atoms with Crippen molar-refractivity contribution in [2.75, 3.05) is 0 Å². The number of allylic oxidation sites excluding steroid dienone is 6. The van der Waals surface area contributed by atoms with E-state index in [1.165, 1.54) is 38.6 Å². The number of aromatic nitrogens is 5. The van der Waals surface area contributed by atoms with Gasteiger partial charge in [0.05, 0.1) is 11.0 Å². The molecule has 9 rings (SSSR count). The van der Waals surface area contributed by atoms with E-state index in [2.05, 4.69) is 115 Å². The number of rotatable bonds is 9. The summed E-state index contributed by atoms with van der Waals surface area (Å²) in [7, 11) is 4.04. The lowest BCUT2D eigenvalue weighted by atomic mass is 9.80. The maximum Gasteiger partial charge on any atom is 0.182 e. The van der Waals surface area contributed by atoms with Crippen LogP contribution in [0.1, 0.15) is 50.5 Å². The summed E-state index contributed by atoms with van der Waals surface area (Å²) in [5, 5.41) is 2.39. The van der Waals surface area contributed by atoms with Crippen LogP contribution in [0.5, 0.6) is 0 Å². The third-order valence-corrected chi connectivity index (χ3v) is 11.1. The van der Waals surface area contributed by atoms with Gasteiger partial charge >= 0.3 is 0 Å². The summed E-state index contributed by atoms with van der Waals surface area (Å²) in [6, 6.07) is 36.7. The first-order valence-corrected chi connectivity index (χ1v) is 19.5. The molecule has 0 saturated heterocycles. The number of benzene rings is 5. The van der Waals surface area contributed by atoms with Gasteiger partial charge in [0.25, 0.3) is 0 Å². The molecule has 0 bridgehead atoms. The Morgan fingerprint density at radius 3 is 2.30 bits per heavy atom. The van der Waals surface area contributed by atoms with E-state index in [-0.39, 0.29) is 5.41 Å². The second-order valence-corrected chi connectivity index (χ2v) is 15.1. The second-order valence-electron chi connectivity index (χ2n) is 15.1. The zero-order chi connectivity index (χ0) is 39.3. The van der Waals surface area contributed by atoms with Gasteiger partial charge in [0.2, 0.25) is 0 Å². The van der Waals surface area contributed by atoms with Crippen LogP contribution in [0.2, 0.25) is 13.6 Å². The molecule has 0 N–H and O–H groups in total. The Morgan fingerprint density at radius 2 is 1.47 bits per heavy atom. The van der Waals surface area contributed by atoms with E-state index < -0.39 is 0 Å². The Morgan fingerprint density at radius 1 is 0.719 bits per heavy atom. The molecule has 3 heterocycles. The Hall–Kier alpha value is -6.53. The fraction of sp³-hybridized carbons (Fsp3) is 0.143. The number of para-hydroxylation sites is 1. The topological polar surface area (TPSA) is 69.6 Å². The molecule has 0 amide bonds. The minimum atomic E-state index is -0.175. The molecule has 0 unspecified atom stereocenters. The maximum absolute atomic E-state index is 5.92. The Labute approximate surface area is 334 Å². The number of fused-ring (bicyclic) bond motifs is 8. The highest BCUT2D eigenvalue weighted by Gasteiger charge is 2.37. The predicted molar refractivity (Wildman–Crippen MR) is 239 cm³/mol. The zero-order valence-corrected chi connectivity index (χ0v) is 33.1. The Balaban J connectivity index is 1.15. The van der Waals surface area contributed by atoms with Crippen molar-refractivity contribution in [3.63, 3.8) is 0 Å². The Kier molecular flexibility index (Phi) is 9.20. The van der Waals surface area contributed by atoms with Crippen molar-refractivity contribution in [2.45, 2.75) is 46.8 Å². The normalized spacial score (nSPS) is 14.2. The SMILES string of the molecule is C[B]/C=C\C=C(/C)c1nc(C(=C/[B]C)/C=C(\C)n2c3ccccc3c3cc(-c4ccc5c(c4)C(C)(C)c4ccc6ncoc6c4-5)ccc32)nc(-c2ccccc2)n1. The lowest BCUT2D eigenvalue weighted by molar-refractivity contribution is 0.601. The molecule has 8 aromatic rings. The molecule has 57 heavy (non-hydrogen) atoms. The number of nitrogens with zero attached hydrogens (tertiary/aromatic N) is 5. The van der Waals surface area contributed by atoms with Gasteiger partial charge in [-0.2, -0.15) is 0 Å². The molecule has 0 atom stereocenters. The molecule has 8 heteroatoms. The van der Waals surface area contributed by atoms with E-state index in [9.17, 15) is 0 Å². The molecule has 1 aliphatic rings. The van der Waals surface area contributed by atoms with Gasteiger partial charge in [-0.1, -0.05) is 112 Å². The average Bonchev–Trinajstić information content (AvgIpc) is 3.91. The quantitative estimate of drug-likeness (QED) is 0.109. The molecule has 2 radical (unpaired) electrons. The summed E-state index contributed by atoms with van der Waals surface area (Å²) in [5.74, 6) is 5.97. The average molecular weight is 738 g/mol. The van der Waals surface area contributed by atoms with Crippen LogP contribution in [0.3, 0.4) is 0 Å². The number of hydrogen-bond donors (Lipinski definition) is 0. The van der Waals surface area contributed by atoms with Gasteiger partial charge in [-0.3, -0.25) is 0 Å². The molecule has 6 nitrogen and oxygen atoms in total. The van der Waals surface area contributed by atoms with Gasteiger partial charge < -0.3 is 8.98 Å². The molecule has 5 aromatic carbocycles. The van der Waals surface area contributed by atoms with Crippen LogP contribution in [0.4, 0.5) is 0 Å². The van der Waals surface area contributed by atoms with Crippen molar-refractivity contribution in [1.29, 1.82) is 0 Å². The second kappa shape index (κ2) is 14.5. The minimum Gasteiger partial charge on any atom is -0.443 e. The van der Waals surface area contributed by atoms with Gasteiger partial charge in [0.15, 0.2) is 29.4 Å². The van der Waals surface area contributed by atoms with Crippen molar-refractivity contribution in [3.05, 3.63) is 162 Å². The maximum atomic E-state index is 5.92. The molecule has 274 valence electrons. The van der Waals surface area contributed by atoms with Crippen LogP contribution in [-0.2, 0) is 5.41 Å². The monoisotopic (exact) mass is 737 g/mol. The predicted octanol–water partition coefficient (Wildman–Crippen LogP) is 12.1. The van der Waals surface area contributed by atoms with Crippen molar-refractivity contribution in [3.8, 4) is 33.6 Å². The van der Waals surface area contributed by atoms with E-state index in [1.54, 1.807) is 6.39 Å². The van der Waals surface area contributed by atoms with Gasteiger partial charge in [0, 0.05) is 38.6 Å². The summed E-state index contributed by atoms with van der Waals surface area (Å²) in [6.45, 7) is 12.8. The molecular formula is C49H41B2N5O. The fourth-order valence-corrected chi connectivity index (χ4v) is 8.29. The van der Waals surface area contributed by atoms with Crippen LogP contribution >= 0.6 is 0 Å². The Bertz CT molecular complexity index is 2980. The molecule has 0 aliphatic heterocycles. The van der Waals surface area contributed by atoms with E-state index in [0.717, 1.165) is 50.1 Å². The first kappa shape index (κ1) is 36.1. The summed E-state index contributed by atoms with van der Waals surface area (Å²) in [5.41, 5.74) is 15.0. The number of oxazole rings is 1. The van der Waals surface area contributed by atoms with Crippen LogP contribution < -0.4 is 0 Å². The summed E-state index contributed by atoms with van der Waals surface area (Å²) < 4.78 is 8.26. The lowest BCUT2D eigenvalue weighted by Gasteiger charge is -2.22. The number of hydrogen-bond acceptors (Lipinski definition) is 5. The molecule has 0 fully saturated rings. The van der Waals surface area contributed by atoms with Crippen LogP contribution in [-0.4, -0.2) is 39.1 Å². The third-order valence-electron chi connectivity index (χ3n) is 11.1. The van der Waals surface area contributed by atoms with E-state index >= 15 is 0 Å². The first-order valence-electron chi connectivity index (χ1n) is 19.5. The smallest absolute Gasteiger partial charge is 0.182 e. The van der Waals surface area contributed by atoms with Gasteiger partial charge in [-0.15, -0.1) is 12.0 Å². The van der Waals surface area contributed by atoms with Crippen molar-refractivity contribution >= 4 is 64.3 Å². The third kappa shape index (κ3) is 6.26. The van der Waals surface area contributed by atoms with E-state index in [4.69, 9.17) is 19.4 Å². The van der Waals surface area contributed by atoms with Crippen molar-refractivity contribution in [1.82, 2.24) is 24.5 Å². The van der Waals surface area contributed by atoms with Gasteiger partial charge in [-0.25, -0.2) is 19.9 Å². The van der Waals surface area contributed by atoms with Crippen LogP contribution in [0.25, 0.3) is 83.4 Å². The summed E-state index contributed by atoms with van der Waals surface area (Å²) in [4.78, 5) is 19.4. The highest BCUT2D eigenvalue weighted by Crippen LogP contribution is 2.52. The van der Waals surface area contributed by atoms with Gasteiger partial charge in [-0.05, 0) is 83.6 Å². The molecule has 1 aliphatic carbocycles. The van der Waals surface area contributed by atoms with Crippen molar-refractivity contribution in [2.24, 2.45) is 0 Å². The molecular weight excluding hydrogens is 696 g/mol. The van der Waals surface area contributed by atoms with Crippen LogP contribution in [0, 0.1) is 0 Å². The first-order chi connectivity index (χ1) is 27.8. The largest absolute Gasteiger partial charge is 0.443 e. The van der Waals surface area contributed by atoms with Crippen LogP contribution in [0.15, 0.2) is 144 Å². The standard InChI is InChI=1S/C49H41B2N5O/c1-30(13-12-24-50-5)46-53-47(32-14-8-7-9-15-32)55-48(54-46)35(28-51-6)25-31(2)56-42-17-11-10-16-36(42)38-26-33(19-23-43(38)56)34-18-20-37-40(27-34)49(3,4)39-21-22-41-45(44(37)39)57-29-52-41/h7-29H,1-6H3/b24-12-,30-13+,31-25+,35-28+. The summed E-state index contributed by atoms with van der Waals surface area (Å²) in [6.07, 6.45) is 7.78. The summed E-state index contributed by atoms with van der Waals surface area (Å²) >= 11 is 0. The fourth-order valence-electron chi connectivity index (χ4n) is 8.29. The van der Waals surface area contributed by atoms with E-state index in [1.807, 2.05) is 83.6 Å². The van der Waals surface area contributed by atoms with Crippen molar-refractivity contribution < 1.29 is 4.42 Å². The van der Waals surface area contributed by atoms with Gasteiger partial charge in [0.1, 0.15) is 20.1 Å². The molecule has 0 spiro atoms. The minimum absolute atomic E-state index is 0.175.